The van der Waals surface area contributed by atoms with Crippen molar-refractivity contribution in [1.82, 2.24) is 9.80 Å². The number of halogens is 2. The number of alkyl halides is 2. The molecule has 7 heteroatoms. The summed E-state index contributed by atoms with van der Waals surface area (Å²) in [6, 6.07) is 5.72. The van der Waals surface area contributed by atoms with E-state index in [1.54, 1.807) is 11.0 Å². The highest BCUT2D eigenvalue weighted by Crippen LogP contribution is 2.21. The van der Waals surface area contributed by atoms with Crippen molar-refractivity contribution in [2.45, 2.75) is 20.5 Å². The molecule has 2 amide bonds. The molecular weight excluding hydrogens is 294 g/mol. The molecule has 0 aliphatic carbocycles. The van der Waals surface area contributed by atoms with Crippen LogP contribution in [-0.4, -0.2) is 54.9 Å². The molecule has 0 aromatic heterocycles. The van der Waals surface area contributed by atoms with Gasteiger partial charge in [0.05, 0.1) is 12.1 Å². The summed E-state index contributed by atoms with van der Waals surface area (Å²) in [6.07, 6.45) is 0. The van der Waals surface area contributed by atoms with Gasteiger partial charge in [0.1, 0.15) is 5.75 Å². The third-order valence-electron chi connectivity index (χ3n) is 3.17. The summed E-state index contributed by atoms with van der Waals surface area (Å²) in [5.41, 5.74) is -0.00218. The van der Waals surface area contributed by atoms with Gasteiger partial charge in [0, 0.05) is 20.1 Å². The number of nitrogens with zero attached hydrogens (tertiary/aromatic N) is 2. The zero-order valence-corrected chi connectivity index (χ0v) is 12.9. The van der Waals surface area contributed by atoms with Crippen LogP contribution < -0.4 is 4.74 Å². The predicted molar refractivity (Wildman–Crippen MR) is 78.0 cm³/mol. The van der Waals surface area contributed by atoms with E-state index in [-0.39, 0.29) is 23.8 Å². The van der Waals surface area contributed by atoms with Gasteiger partial charge in [0.15, 0.2) is 0 Å². The predicted octanol–water partition coefficient (Wildman–Crippen LogP) is 2.23. The number of rotatable bonds is 7. The molecule has 0 saturated carbocycles. The van der Waals surface area contributed by atoms with E-state index in [1.807, 2.05) is 13.8 Å². The first-order chi connectivity index (χ1) is 10.4. The molecule has 5 nitrogen and oxygen atoms in total. The van der Waals surface area contributed by atoms with Crippen molar-refractivity contribution in [3.05, 3.63) is 29.8 Å². The molecule has 0 heterocycles. The number of hydrogen-bond acceptors (Lipinski definition) is 3. The molecular formula is C15H20F2N2O3. The molecule has 0 spiro atoms. The Bertz CT molecular complexity index is 519. The molecule has 1 aromatic carbocycles. The molecule has 0 N–H and O–H groups in total. The van der Waals surface area contributed by atoms with Crippen LogP contribution >= 0.6 is 0 Å². The summed E-state index contributed by atoms with van der Waals surface area (Å²) < 4.78 is 29.1. The number of likely N-dealkylation sites (N-methyl/N-ethyl adjacent to an activating group) is 2. The second-order valence-electron chi connectivity index (χ2n) is 4.60. The minimum absolute atomic E-state index is 0.00218. The standard InChI is InChI=1S/C15H20F2N2O3/c1-4-19(5-2)13(20)10-18(3)14(21)11-8-6-7-9-12(11)22-15(16)17/h6-9,15H,4-5,10H2,1-3H3. The third kappa shape index (κ3) is 4.68. The van der Waals surface area contributed by atoms with Gasteiger partial charge in [-0.25, -0.2) is 0 Å². The van der Waals surface area contributed by atoms with Gasteiger partial charge in [-0.3, -0.25) is 9.59 Å². The number of amides is 2. The first kappa shape index (κ1) is 17.9. The maximum atomic E-state index is 12.4. The van der Waals surface area contributed by atoms with E-state index in [2.05, 4.69) is 4.74 Å². The lowest BCUT2D eigenvalue weighted by Gasteiger charge is -2.23. The van der Waals surface area contributed by atoms with E-state index < -0.39 is 12.5 Å². The lowest BCUT2D eigenvalue weighted by atomic mass is 10.1. The number of hydrogen-bond donors (Lipinski definition) is 0. The quantitative estimate of drug-likeness (QED) is 0.775. The number of carbonyl (C=O) groups excluding carboxylic acids is 2. The number of ether oxygens (including phenoxy) is 1. The molecule has 22 heavy (non-hydrogen) atoms. The topological polar surface area (TPSA) is 49.9 Å². The van der Waals surface area contributed by atoms with Crippen LogP contribution in [-0.2, 0) is 4.79 Å². The average molecular weight is 314 g/mol. The van der Waals surface area contributed by atoms with E-state index in [9.17, 15) is 18.4 Å². The van der Waals surface area contributed by atoms with Gasteiger partial charge < -0.3 is 14.5 Å². The Morgan fingerprint density at radius 1 is 1.18 bits per heavy atom. The van der Waals surface area contributed by atoms with Crippen LogP contribution in [0.2, 0.25) is 0 Å². The van der Waals surface area contributed by atoms with Gasteiger partial charge >= 0.3 is 6.61 Å². The lowest BCUT2D eigenvalue weighted by Crippen LogP contribution is -2.41. The first-order valence-electron chi connectivity index (χ1n) is 6.97. The zero-order chi connectivity index (χ0) is 16.7. The van der Waals surface area contributed by atoms with Crippen molar-refractivity contribution in [1.29, 1.82) is 0 Å². The minimum atomic E-state index is -3.02. The van der Waals surface area contributed by atoms with E-state index >= 15 is 0 Å². The minimum Gasteiger partial charge on any atom is -0.434 e. The fourth-order valence-corrected chi connectivity index (χ4v) is 2.00. The summed E-state index contributed by atoms with van der Waals surface area (Å²) in [7, 11) is 1.45. The Labute approximate surface area is 128 Å². The van der Waals surface area contributed by atoms with Crippen molar-refractivity contribution in [3.63, 3.8) is 0 Å². The zero-order valence-electron chi connectivity index (χ0n) is 12.9. The van der Waals surface area contributed by atoms with Crippen LogP contribution in [0, 0.1) is 0 Å². The smallest absolute Gasteiger partial charge is 0.387 e. The third-order valence-corrected chi connectivity index (χ3v) is 3.17. The summed E-state index contributed by atoms with van der Waals surface area (Å²) in [6.45, 7) is 1.63. The summed E-state index contributed by atoms with van der Waals surface area (Å²) in [4.78, 5) is 27.1. The Morgan fingerprint density at radius 2 is 1.77 bits per heavy atom. The lowest BCUT2D eigenvalue weighted by molar-refractivity contribution is -0.131. The Balaban J connectivity index is 2.85. The maximum Gasteiger partial charge on any atom is 0.387 e. The number of para-hydroxylation sites is 1. The molecule has 0 aliphatic heterocycles. The average Bonchev–Trinajstić information content (AvgIpc) is 2.47. The van der Waals surface area contributed by atoms with Crippen LogP contribution in [0.3, 0.4) is 0 Å². The monoisotopic (exact) mass is 314 g/mol. The van der Waals surface area contributed by atoms with Crippen molar-refractivity contribution in [2.24, 2.45) is 0 Å². The van der Waals surface area contributed by atoms with E-state index in [0.717, 1.165) is 0 Å². The van der Waals surface area contributed by atoms with Gasteiger partial charge in [-0.2, -0.15) is 8.78 Å². The first-order valence-corrected chi connectivity index (χ1v) is 6.97. The fourth-order valence-electron chi connectivity index (χ4n) is 2.00. The Kier molecular flexibility index (Phi) is 6.75. The molecule has 0 bridgehead atoms. The fraction of sp³-hybridized carbons (Fsp3) is 0.467. The van der Waals surface area contributed by atoms with Crippen LogP contribution in [0.1, 0.15) is 24.2 Å². The maximum absolute atomic E-state index is 12.4. The van der Waals surface area contributed by atoms with E-state index in [4.69, 9.17) is 0 Å². The van der Waals surface area contributed by atoms with Crippen molar-refractivity contribution >= 4 is 11.8 Å². The highest BCUT2D eigenvalue weighted by atomic mass is 19.3. The van der Waals surface area contributed by atoms with Gasteiger partial charge in [-0.15, -0.1) is 0 Å². The van der Waals surface area contributed by atoms with Gasteiger partial charge in [-0.1, -0.05) is 12.1 Å². The second kappa shape index (κ2) is 8.31. The van der Waals surface area contributed by atoms with Crippen molar-refractivity contribution < 1.29 is 23.1 Å². The largest absolute Gasteiger partial charge is 0.434 e. The second-order valence-corrected chi connectivity index (χ2v) is 4.60. The van der Waals surface area contributed by atoms with Gasteiger partial charge in [0.2, 0.25) is 5.91 Å². The van der Waals surface area contributed by atoms with Crippen molar-refractivity contribution in [3.8, 4) is 5.75 Å². The molecule has 0 aliphatic rings. The number of benzene rings is 1. The van der Waals surface area contributed by atoms with Crippen LogP contribution in [0.4, 0.5) is 8.78 Å². The summed E-state index contributed by atoms with van der Waals surface area (Å²) >= 11 is 0. The SMILES string of the molecule is CCN(CC)C(=O)CN(C)C(=O)c1ccccc1OC(F)F. The molecule has 0 saturated heterocycles. The summed E-state index contributed by atoms with van der Waals surface area (Å²) in [5.74, 6) is -0.950. The van der Waals surface area contributed by atoms with E-state index in [1.165, 1.54) is 30.1 Å². The molecule has 0 radical (unpaired) electrons. The van der Waals surface area contributed by atoms with Crippen molar-refractivity contribution in [2.75, 3.05) is 26.7 Å². The number of carbonyl (C=O) groups is 2. The molecule has 1 rings (SSSR count). The summed E-state index contributed by atoms with van der Waals surface area (Å²) in [5, 5.41) is 0. The molecule has 122 valence electrons. The van der Waals surface area contributed by atoms with E-state index in [0.29, 0.717) is 13.1 Å². The molecule has 0 unspecified atom stereocenters. The normalized spacial score (nSPS) is 10.5. The Hall–Kier alpha value is -2.18. The molecule has 0 atom stereocenters. The van der Waals surface area contributed by atoms with Gasteiger partial charge in [-0.05, 0) is 26.0 Å². The van der Waals surface area contributed by atoms with Crippen LogP contribution in [0.15, 0.2) is 24.3 Å². The highest BCUT2D eigenvalue weighted by Gasteiger charge is 2.21. The molecule has 1 aromatic rings. The molecule has 0 fully saturated rings. The van der Waals surface area contributed by atoms with Crippen LogP contribution in [0.5, 0.6) is 5.75 Å². The highest BCUT2D eigenvalue weighted by molar-refractivity contribution is 5.98. The Morgan fingerprint density at radius 3 is 2.32 bits per heavy atom. The van der Waals surface area contributed by atoms with Crippen LogP contribution in [0.25, 0.3) is 0 Å². The van der Waals surface area contributed by atoms with Gasteiger partial charge in [0.25, 0.3) is 5.91 Å².